The number of anilines is 1. The highest BCUT2D eigenvalue weighted by atomic mass is 32.2. The van der Waals surface area contributed by atoms with E-state index < -0.39 is 0 Å². The molecule has 0 atom stereocenters. The summed E-state index contributed by atoms with van der Waals surface area (Å²) in [6.45, 7) is 3.98. The van der Waals surface area contributed by atoms with Crippen LogP contribution in [-0.4, -0.2) is 39.9 Å². The number of hydrogen-bond acceptors (Lipinski definition) is 5. The molecule has 0 unspecified atom stereocenters. The van der Waals surface area contributed by atoms with Gasteiger partial charge in [-0.3, -0.25) is 9.59 Å². The Kier molecular flexibility index (Phi) is 3.68. The van der Waals surface area contributed by atoms with E-state index in [4.69, 9.17) is 0 Å². The van der Waals surface area contributed by atoms with Gasteiger partial charge >= 0.3 is 0 Å². The van der Waals surface area contributed by atoms with Crippen LogP contribution >= 0.6 is 23.1 Å². The van der Waals surface area contributed by atoms with Crippen molar-refractivity contribution in [3.05, 3.63) is 10.6 Å². The number of nitrogens with one attached hydrogen (secondary N) is 1. The van der Waals surface area contributed by atoms with Crippen LogP contribution in [0.5, 0.6) is 0 Å². The van der Waals surface area contributed by atoms with Crippen LogP contribution in [0.1, 0.15) is 10.6 Å². The number of carbonyl (C=O) groups excluding carboxylic acids is 2. The van der Waals surface area contributed by atoms with Crippen LogP contribution in [0.3, 0.4) is 0 Å². The lowest BCUT2D eigenvalue weighted by Crippen LogP contribution is -2.34. The fourth-order valence-corrected chi connectivity index (χ4v) is 3.13. The normalized spacial score (nSPS) is 15.4. The molecule has 0 aromatic carbocycles. The number of hydrogen-bond donors (Lipinski definition) is 1. The van der Waals surface area contributed by atoms with Crippen molar-refractivity contribution in [3.8, 4) is 0 Å². The van der Waals surface area contributed by atoms with Crippen molar-refractivity contribution in [1.29, 1.82) is 0 Å². The zero-order chi connectivity index (χ0) is 12.4. The first-order valence-corrected chi connectivity index (χ1v) is 7.13. The van der Waals surface area contributed by atoms with Crippen LogP contribution in [0.4, 0.5) is 5.13 Å². The molecule has 2 amide bonds. The number of carbonyl (C=O) groups is 2. The summed E-state index contributed by atoms with van der Waals surface area (Å²) in [5.74, 6) is 0.913. The summed E-state index contributed by atoms with van der Waals surface area (Å²) in [6.07, 6.45) is 0. The minimum absolute atomic E-state index is 0.0247. The molecule has 0 aliphatic carbocycles. The number of thiazole rings is 1. The summed E-state index contributed by atoms with van der Waals surface area (Å²) >= 11 is 2.98. The van der Waals surface area contributed by atoms with Crippen LogP contribution < -0.4 is 5.32 Å². The van der Waals surface area contributed by atoms with Gasteiger partial charge in [-0.2, -0.15) is 0 Å². The standard InChI is InChI=1S/C10H13N3O2S2/c1-6-7(2)17-10(11-6)12-8(14)3-13-5-16-4-9(13)15/h3-5H2,1-2H3,(H,11,12,14). The van der Waals surface area contributed by atoms with E-state index in [1.54, 1.807) is 4.90 Å². The molecule has 0 radical (unpaired) electrons. The van der Waals surface area contributed by atoms with Crippen molar-refractivity contribution in [1.82, 2.24) is 9.88 Å². The number of nitrogens with zero attached hydrogens (tertiary/aromatic N) is 2. The molecule has 1 saturated heterocycles. The first kappa shape index (κ1) is 12.4. The first-order valence-electron chi connectivity index (χ1n) is 5.15. The van der Waals surface area contributed by atoms with E-state index in [-0.39, 0.29) is 18.4 Å². The summed E-state index contributed by atoms with van der Waals surface area (Å²) in [6, 6.07) is 0. The van der Waals surface area contributed by atoms with Crippen molar-refractivity contribution >= 4 is 40.0 Å². The molecule has 1 N–H and O–H groups in total. The fourth-order valence-electron chi connectivity index (χ4n) is 1.40. The smallest absolute Gasteiger partial charge is 0.245 e. The van der Waals surface area contributed by atoms with Gasteiger partial charge < -0.3 is 10.2 Å². The summed E-state index contributed by atoms with van der Waals surface area (Å²) in [4.78, 5) is 29.9. The highest BCUT2D eigenvalue weighted by molar-refractivity contribution is 8.00. The Morgan fingerprint density at radius 2 is 2.29 bits per heavy atom. The lowest BCUT2D eigenvalue weighted by molar-refractivity contribution is -0.130. The Hall–Kier alpha value is -1.08. The molecule has 17 heavy (non-hydrogen) atoms. The van der Waals surface area contributed by atoms with Crippen molar-refractivity contribution in [2.24, 2.45) is 0 Å². The van der Waals surface area contributed by atoms with Crippen LogP contribution in [0.15, 0.2) is 0 Å². The molecule has 1 aliphatic rings. The van der Waals surface area contributed by atoms with Crippen molar-refractivity contribution in [2.75, 3.05) is 23.5 Å². The molecule has 0 spiro atoms. The number of thioether (sulfide) groups is 1. The van der Waals surface area contributed by atoms with Crippen molar-refractivity contribution in [2.45, 2.75) is 13.8 Å². The lowest BCUT2D eigenvalue weighted by Gasteiger charge is -2.12. The number of amides is 2. The summed E-state index contributed by atoms with van der Waals surface area (Å²) in [5.41, 5.74) is 0.929. The summed E-state index contributed by atoms with van der Waals surface area (Å²) in [7, 11) is 0. The van der Waals surface area contributed by atoms with Gasteiger partial charge in [-0.1, -0.05) is 0 Å². The predicted molar refractivity (Wildman–Crippen MR) is 69.3 cm³/mol. The van der Waals surface area contributed by atoms with Gasteiger partial charge in [0, 0.05) is 4.88 Å². The van der Waals surface area contributed by atoms with E-state index in [9.17, 15) is 9.59 Å². The maximum atomic E-state index is 11.7. The second-order valence-corrected chi connectivity index (χ2v) is 5.94. The number of rotatable bonds is 3. The fraction of sp³-hybridized carbons (Fsp3) is 0.500. The van der Waals surface area contributed by atoms with Crippen LogP contribution in [0.2, 0.25) is 0 Å². The topological polar surface area (TPSA) is 62.3 Å². The quantitative estimate of drug-likeness (QED) is 0.898. The second kappa shape index (κ2) is 5.05. The maximum absolute atomic E-state index is 11.7. The lowest BCUT2D eigenvalue weighted by atomic mass is 10.4. The molecular weight excluding hydrogens is 258 g/mol. The van der Waals surface area contributed by atoms with Crippen LogP contribution in [-0.2, 0) is 9.59 Å². The van der Waals surface area contributed by atoms with Gasteiger partial charge in [0.25, 0.3) is 0 Å². The van der Waals surface area contributed by atoms with Gasteiger partial charge in [0.1, 0.15) is 6.54 Å². The monoisotopic (exact) mass is 271 g/mol. The highest BCUT2D eigenvalue weighted by Crippen LogP contribution is 2.21. The van der Waals surface area contributed by atoms with E-state index in [1.165, 1.54) is 23.1 Å². The van der Waals surface area contributed by atoms with E-state index in [1.807, 2.05) is 13.8 Å². The Morgan fingerprint density at radius 3 is 2.82 bits per heavy atom. The Morgan fingerprint density at radius 1 is 1.53 bits per heavy atom. The van der Waals surface area contributed by atoms with Gasteiger partial charge in [0.15, 0.2) is 5.13 Å². The molecular formula is C10H13N3O2S2. The third kappa shape index (κ3) is 2.98. The number of aromatic nitrogens is 1. The zero-order valence-corrected chi connectivity index (χ0v) is 11.3. The largest absolute Gasteiger partial charge is 0.323 e. The minimum atomic E-state index is -0.186. The second-order valence-electron chi connectivity index (χ2n) is 3.78. The van der Waals surface area contributed by atoms with Crippen molar-refractivity contribution < 1.29 is 9.59 Å². The average molecular weight is 271 g/mol. The SMILES string of the molecule is Cc1nc(NC(=O)CN2CSCC2=O)sc1C. The first-order chi connectivity index (χ1) is 8.06. The highest BCUT2D eigenvalue weighted by Gasteiger charge is 2.23. The third-order valence-electron chi connectivity index (χ3n) is 2.43. The van der Waals surface area contributed by atoms with E-state index in [0.717, 1.165) is 10.6 Å². The average Bonchev–Trinajstić information content (AvgIpc) is 2.76. The van der Waals surface area contributed by atoms with Gasteiger partial charge in [0.05, 0.1) is 17.3 Å². The van der Waals surface area contributed by atoms with Gasteiger partial charge in [-0.25, -0.2) is 4.98 Å². The van der Waals surface area contributed by atoms with E-state index in [2.05, 4.69) is 10.3 Å². The summed E-state index contributed by atoms with van der Waals surface area (Å²) < 4.78 is 0. The molecule has 7 heteroatoms. The summed E-state index contributed by atoms with van der Waals surface area (Å²) in [5, 5.41) is 3.32. The minimum Gasteiger partial charge on any atom is -0.323 e. The molecule has 5 nitrogen and oxygen atoms in total. The molecule has 1 aromatic rings. The van der Waals surface area contributed by atoms with Crippen LogP contribution in [0, 0.1) is 13.8 Å². The van der Waals surface area contributed by atoms with Crippen LogP contribution in [0.25, 0.3) is 0 Å². The maximum Gasteiger partial charge on any atom is 0.245 e. The molecule has 1 fully saturated rings. The molecule has 2 rings (SSSR count). The Labute approximate surface area is 108 Å². The van der Waals surface area contributed by atoms with Crippen molar-refractivity contribution in [3.63, 3.8) is 0 Å². The zero-order valence-electron chi connectivity index (χ0n) is 9.65. The predicted octanol–water partition coefficient (Wildman–Crippen LogP) is 1.23. The molecule has 1 aliphatic heterocycles. The molecule has 0 saturated carbocycles. The molecule has 0 bridgehead atoms. The molecule has 92 valence electrons. The van der Waals surface area contributed by atoms with Gasteiger partial charge in [-0.05, 0) is 13.8 Å². The van der Waals surface area contributed by atoms with E-state index >= 15 is 0 Å². The number of aryl methyl sites for hydroxylation is 2. The Balaban J connectivity index is 1.91. The third-order valence-corrected chi connectivity index (χ3v) is 4.37. The molecule has 2 heterocycles. The Bertz CT molecular complexity index is 439. The van der Waals surface area contributed by atoms with Gasteiger partial charge in [0.2, 0.25) is 11.8 Å². The van der Waals surface area contributed by atoms with Gasteiger partial charge in [-0.15, -0.1) is 23.1 Å². The molecule has 1 aromatic heterocycles. The van der Waals surface area contributed by atoms with E-state index in [0.29, 0.717) is 16.8 Å².